The predicted octanol–water partition coefficient (Wildman–Crippen LogP) is 4.32. The number of methoxy groups -OCH3 is 1. The van der Waals surface area contributed by atoms with E-state index in [1.165, 1.54) is 19.5 Å². The lowest BCUT2D eigenvalue weighted by Gasteiger charge is -2.33. The summed E-state index contributed by atoms with van der Waals surface area (Å²) in [4.78, 5) is 25.7. The average molecular weight is 597 g/mol. The number of ether oxygens (including phenoxy) is 2. The van der Waals surface area contributed by atoms with Crippen LogP contribution in [0.2, 0.25) is 0 Å². The molecule has 0 aliphatic carbocycles. The van der Waals surface area contributed by atoms with Crippen LogP contribution in [0.4, 0.5) is 23.8 Å². The molecule has 0 N–H and O–H groups in total. The fourth-order valence-electron chi connectivity index (χ4n) is 4.76. The summed E-state index contributed by atoms with van der Waals surface area (Å²) in [5, 5.41) is 9.02. The van der Waals surface area contributed by atoms with Gasteiger partial charge in [-0.3, -0.25) is 9.67 Å². The molecular formula is C29H31F3N8O3. The summed E-state index contributed by atoms with van der Waals surface area (Å²) in [5.74, 6) is 3.81. The maximum absolute atomic E-state index is 12.9. The van der Waals surface area contributed by atoms with Crippen molar-refractivity contribution in [2.45, 2.75) is 44.7 Å². The number of alkyl halides is 3. The van der Waals surface area contributed by atoms with E-state index < -0.39 is 30.0 Å². The number of anilines is 1. The van der Waals surface area contributed by atoms with E-state index in [0.717, 1.165) is 4.68 Å². The van der Waals surface area contributed by atoms with Gasteiger partial charge in [0.15, 0.2) is 11.4 Å². The van der Waals surface area contributed by atoms with Gasteiger partial charge in [-0.1, -0.05) is 12.0 Å². The highest BCUT2D eigenvalue weighted by Gasteiger charge is 2.39. The van der Waals surface area contributed by atoms with Gasteiger partial charge in [-0.15, -0.1) is 6.42 Å². The van der Waals surface area contributed by atoms with Crippen LogP contribution < -0.4 is 4.90 Å². The van der Waals surface area contributed by atoms with Crippen LogP contribution in [-0.4, -0.2) is 91.2 Å². The SMILES string of the molecule is C#C[C@]1(OC)CN(C(=O)OC(C)(C)C)CCN(c2cccc(-n3ncc4cnc(-c5cnn(CC(F)(F)F)c5)cc43)n2)C1. The van der Waals surface area contributed by atoms with E-state index in [1.54, 1.807) is 54.9 Å². The van der Waals surface area contributed by atoms with Gasteiger partial charge in [0.2, 0.25) is 0 Å². The summed E-state index contributed by atoms with van der Waals surface area (Å²) in [5.41, 5.74) is -0.255. The Bertz CT molecular complexity index is 1670. The molecule has 5 rings (SSSR count). The quantitative estimate of drug-likeness (QED) is 0.314. The molecule has 4 aromatic rings. The van der Waals surface area contributed by atoms with Gasteiger partial charge in [-0.2, -0.15) is 23.4 Å². The molecule has 0 radical (unpaired) electrons. The molecule has 11 nitrogen and oxygen atoms in total. The molecule has 14 heteroatoms. The summed E-state index contributed by atoms with van der Waals surface area (Å²) < 4.78 is 52.2. The molecule has 0 unspecified atom stereocenters. The molecule has 5 heterocycles. The Morgan fingerprint density at radius 3 is 2.56 bits per heavy atom. The predicted molar refractivity (Wildman–Crippen MR) is 153 cm³/mol. The van der Waals surface area contributed by atoms with Gasteiger partial charge in [0.05, 0.1) is 36.7 Å². The molecule has 43 heavy (non-hydrogen) atoms. The van der Waals surface area contributed by atoms with E-state index in [0.29, 0.717) is 46.9 Å². The second-order valence-corrected chi connectivity index (χ2v) is 11.2. The molecule has 0 bridgehead atoms. The first kappa shape index (κ1) is 29.8. The number of nitrogens with zero attached hydrogens (tertiary/aromatic N) is 8. The van der Waals surface area contributed by atoms with Gasteiger partial charge in [0.25, 0.3) is 0 Å². The van der Waals surface area contributed by atoms with Gasteiger partial charge < -0.3 is 19.3 Å². The number of amides is 1. The third-order valence-electron chi connectivity index (χ3n) is 6.82. The van der Waals surface area contributed by atoms with Crippen LogP contribution in [0.25, 0.3) is 28.0 Å². The van der Waals surface area contributed by atoms with Crippen LogP contribution >= 0.6 is 0 Å². The van der Waals surface area contributed by atoms with Gasteiger partial charge in [0.1, 0.15) is 18.0 Å². The van der Waals surface area contributed by atoms with Crippen LogP contribution in [0.1, 0.15) is 20.8 Å². The highest BCUT2D eigenvalue weighted by Crippen LogP contribution is 2.27. The van der Waals surface area contributed by atoms with Crippen molar-refractivity contribution in [3.8, 4) is 29.4 Å². The van der Waals surface area contributed by atoms with E-state index in [1.807, 2.05) is 17.0 Å². The first-order chi connectivity index (χ1) is 20.3. The molecule has 226 valence electrons. The van der Waals surface area contributed by atoms with E-state index in [2.05, 4.69) is 21.1 Å². The molecule has 1 amide bonds. The monoisotopic (exact) mass is 596 g/mol. The number of hydrogen-bond acceptors (Lipinski definition) is 8. The Morgan fingerprint density at radius 1 is 1.09 bits per heavy atom. The van der Waals surface area contributed by atoms with Crippen LogP contribution in [-0.2, 0) is 16.0 Å². The zero-order valence-corrected chi connectivity index (χ0v) is 24.2. The molecule has 1 fully saturated rings. The number of carbonyl (C=O) groups excluding carboxylic acids is 1. The number of halogens is 3. The number of hydrogen-bond donors (Lipinski definition) is 0. The average Bonchev–Trinajstić information content (AvgIpc) is 3.53. The smallest absolute Gasteiger partial charge is 0.410 e. The van der Waals surface area contributed by atoms with Gasteiger partial charge in [-0.05, 0) is 39.0 Å². The number of fused-ring (bicyclic) bond motifs is 1. The Morgan fingerprint density at radius 2 is 1.86 bits per heavy atom. The van der Waals surface area contributed by atoms with E-state index in [4.69, 9.17) is 20.9 Å². The van der Waals surface area contributed by atoms with Crippen molar-refractivity contribution in [2.75, 3.05) is 38.2 Å². The fraction of sp³-hybridized carbons (Fsp3) is 0.414. The van der Waals surface area contributed by atoms with Gasteiger partial charge in [0, 0.05) is 43.5 Å². The minimum atomic E-state index is -4.39. The van der Waals surface area contributed by atoms with Gasteiger partial charge >= 0.3 is 12.3 Å². The van der Waals surface area contributed by atoms with Crippen LogP contribution in [0.15, 0.2) is 49.1 Å². The van der Waals surface area contributed by atoms with Crippen molar-refractivity contribution < 1.29 is 27.4 Å². The minimum absolute atomic E-state index is 0.143. The zero-order chi connectivity index (χ0) is 31.0. The molecule has 1 saturated heterocycles. The number of terminal acetylenes is 1. The number of rotatable bonds is 5. The Hall–Kier alpha value is -4.64. The van der Waals surface area contributed by atoms with Crippen LogP contribution in [0.3, 0.4) is 0 Å². The van der Waals surface area contributed by atoms with Crippen LogP contribution in [0.5, 0.6) is 0 Å². The van der Waals surface area contributed by atoms with Crippen molar-refractivity contribution >= 4 is 22.8 Å². The van der Waals surface area contributed by atoms with Crippen molar-refractivity contribution in [3.05, 3.63) is 49.1 Å². The van der Waals surface area contributed by atoms with Crippen molar-refractivity contribution in [2.24, 2.45) is 0 Å². The van der Waals surface area contributed by atoms with Crippen molar-refractivity contribution in [1.82, 2.24) is 34.4 Å². The lowest BCUT2D eigenvalue weighted by Crippen LogP contribution is -2.49. The highest BCUT2D eigenvalue weighted by molar-refractivity contribution is 5.83. The lowest BCUT2D eigenvalue weighted by molar-refractivity contribution is -0.142. The molecule has 1 atom stereocenters. The van der Waals surface area contributed by atoms with Crippen LogP contribution in [0, 0.1) is 12.3 Å². The molecule has 0 saturated carbocycles. The first-order valence-electron chi connectivity index (χ1n) is 13.4. The zero-order valence-electron chi connectivity index (χ0n) is 24.2. The Labute approximate surface area is 246 Å². The number of aromatic nitrogens is 6. The normalized spacial score (nSPS) is 18.0. The first-order valence-corrected chi connectivity index (χ1v) is 13.4. The van der Waals surface area contributed by atoms with Crippen molar-refractivity contribution in [3.63, 3.8) is 0 Å². The summed E-state index contributed by atoms with van der Waals surface area (Å²) in [6.07, 6.45) is 6.93. The van der Waals surface area contributed by atoms with E-state index in [-0.39, 0.29) is 13.1 Å². The Kier molecular flexibility index (Phi) is 7.78. The molecule has 1 aliphatic heterocycles. The van der Waals surface area contributed by atoms with E-state index in [9.17, 15) is 18.0 Å². The molecule has 4 aromatic heterocycles. The van der Waals surface area contributed by atoms with E-state index >= 15 is 0 Å². The highest BCUT2D eigenvalue weighted by atomic mass is 19.4. The van der Waals surface area contributed by atoms with Crippen molar-refractivity contribution in [1.29, 1.82) is 0 Å². The lowest BCUT2D eigenvalue weighted by atomic mass is 10.0. The molecular weight excluding hydrogens is 565 g/mol. The standard InChI is InChI=1S/C29H31F3N8O3/c1-6-28(42-5)17-37(10-11-38(18-28)26(41)43-27(2,3)4)24-8-7-9-25(36-24)40-23-12-22(33-13-20(23)14-35-40)21-15-34-39(16-21)19-29(30,31)32/h1,7-9,12-16H,10-11,17-19H2,2-5H3/t28-/m1/s1. The Balaban J connectivity index is 1.44. The molecule has 0 aromatic carbocycles. The third-order valence-corrected chi connectivity index (χ3v) is 6.82. The maximum Gasteiger partial charge on any atom is 0.410 e. The topological polar surface area (TPSA) is 103 Å². The molecule has 0 spiro atoms. The summed E-state index contributed by atoms with van der Waals surface area (Å²) in [6, 6.07) is 7.17. The second kappa shape index (κ2) is 11.2. The second-order valence-electron chi connectivity index (χ2n) is 11.2. The third kappa shape index (κ3) is 6.72. The minimum Gasteiger partial charge on any atom is -0.444 e. The summed E-state index contributed by atoms with van der Waals surface area (Å²) >= 11 is 0. The summed E-state index contributed by atoms with van der Waals surface area (Å²) in [7, 11) is 1.51. The maximum atomic E-state index is 12.9. The summed E-state index contributed by atoms with van der Waals surface area (Å²) in [6.45, 7) is 5.36. The number of pyridine rings is 2. The largest absolute Gasteiger partial charge is 0.444 e. The van der Waals surface area contributed by atoms with Gasteiger partial charge in [-0.25, -0.2) is 14.5 Å². The number of carbonyl (C=O) groups is 1. The molecule has 1 aliphatic rings. The fourth-order valence-corrected chi connectivity index (χ4v) is 4.76.